The number of anilines is 1. The second-order valence-corrected chi connectivity index (χ2v) is 4.33. The lowest BCUT2D eigenvalue weighted by molar-refractivity contribution is 0.415. The van der Waals surface area contributed by atoms with Gasteiger partial charge in [0.05, 0.1) is 7.11 Å². The highest BCUT2D eigenvalue weighted by molar-refractivity contribution is 7.09. The summed E-state index contributed by atoms with van der Waals surface area (Å²) in [5, 5.41) is 4.10. The molecule has 0 amide bonds. The van der Waals surface area contributed by atoms with E-state index in [2.05, 4.69) is 21.6 Å². The Balaban J connectivity index is 2.12. The third kappa shape index (κ3) is 2.94. The fourth-order valence-electron chi connectivity index (χ4n) is 1.38. The number of hydrogen-bond acceptors (Lipinski definition) is 5. The van der Waals surface area contributed by atoms with Crippen molar-refractivity contribution in [3.8, 4) is 17.1 Å². The molecule has 0 radical (unpaired) electrons. The van der Waals surface area contributed by atoms with Gasteiger partial charge >= 0.3 is 0 Å². The molecular weight excluding hydrogens is 234 g/mol. The SMILES string of the molecule is CCCNc1nc(-c2ccc(OC)cc2)ns1. The van der Waals surface area contributed by atoms with E-state index >= 15 is 0 Å². The molecule has 0 saturated carbocycles. The van der Waals surface area contributed by atoms with E-state index in [1.165, 1.54) is 11.5 Å². The number of nitrogens with zero attached hydrogens (tertiary/aromatic N) is 2. The predicted octanol–water partition coefficient (Wildman–Crippen LogP) is 3.04. The van der Waals surface area contributed by atoms with Crippen molar-refractivity contribution < 1.29 is 4.74 Å². The Hall–Kier alpha value is -1.62. The Bertz CT molecular complexity index is 467. The van der Waals surface area contributed by atoms with Crippen molar-refractivity contribution >= 4 is 16.7 Å². The van der Waals surface area contributed by atoms with Crippen LogP contribution in [0.4, 0.5) is 5.13 Å². The monoisotopic (exact) mass is 249 g/mol. The van der Waals surface area contributed by atoms with Crippen molar-refractivity contribution in [3.63, 3.8) is 0 Å². The van der Waals surface area contributed by atoms with Gasteiger partial charge in [0.1, 0.15) is 5.75 Å². The van der Waals surface area contributed by atoms with Crippen molar-refractivity contribution in [2.75, 3.05) is 19.0 Å². The number of methoxy groups -OCH3 is 1. The summed E-state index contributed by atoms with van der Waals surface area (Å²) < 4.78 is 9.43. The van der Waals surface area contributed by atoms with Gasteiger partial charge < -0.3 is 10.1 Å². The highest BCUT2D eigenvalue weighted by Gasteiger charge is 2.05. The number of rotatable bonds is 5. The number of aromatic nitrogens is 2. The minimum Gasteiger partial charge on any atom is -0.497 e. The lowest BCUT2D eigenvalue weighted by Gasteiger charge is -1.99. The van der Waals surface area contributed by atoms with Gasteiger partial charge in [0.2, 0.25) is 5.13 Å². The van der Waals surface area contributed by atoms with Gasteiger partial charge in [0.25, 0.3) is 0 Å². The van der Waals surface area contributed by atoms with Gasteiger partial charge in [-0.2, -0.15) is 9.36 Å². The van der Waals surface area contributed by atoms with E-state index in [0.717, 1.165) is 35.2 Å². The average molecular weight is 249 g/mol. The zero-order valence-electron chi connectivity index (χ0n) is 9.93. The van der Waals surface area contributed by atoms with Crippen molar-refractivity contribution in [1.82, 2.24) is 9.36 Å². The zero-order chi connectivity index (χ0) is 12.1. The van der Waals surface area contributed by atoms with E-state index in [1.807, 2.05) is 24.3 Å². The van der Waals surface area contributed by atoms with Crippen LogP contribution in [-0.2, 0) is 0 Å². The van der Waals surface area contributed by atoms with Crippen LogP contribution < -0.4 is 10.1 Å². The Kier molecular flexibility index (Phi) is 3.93. The first-order valence-corrected chi connectivity index (χ1v) is 6.33. The minimum atomic E-state index is 0.760. The third-order valence-electron chi connectivity index (χ3n) is 2.30. The van der Waals surface area contributed by atoms with Crippen molar-refractivity contribution in [3.05, 3.63) is 24.3 Å². The molecule has 0 aliphatic rings. The first-order chi connectivity index (χ1) is 8.33. The molecule has 17 heavy (non-hydrogen) atoms. The molecule has 2 aromatic rings. The van der Waals surface area contributed by atoms with Gasteiger partial charge in [-0.3, -0.25) is 0 Å². The molecule has 0 spiro atoms. The largest absolute Gasteiger partial charge is 0.497 e. The van der Waals surface area contributed by atoms with E-state index in [9.17, 15) is 0 Å². The average Bonchev–Trinajstić information content (AvgIpc) is 2.85. The molecule has 0 unspecified atom stereocenters. The smallest absolute Gasteiger partial charge is 0.202 e. The predicted molar refractivity (Wildman–Crippen MR) is 70.7 cm³/mol. The molecule has 90 valence electrons. The highest BCUT2D eigenvalue weighted by atomic mass is 32.1. The van der Waals surface area contributed by atoms with Gasteiger partial charge in [-0.15, -0.1) is 0 Å². The minimum absolute atomic E-state index is 0.760. The van der Waals surface area contributed by atoms with Gasteiger partial charge in [-0.25, -0.2) is 0 Å². The van der Waals surface area contributed by atoms with Gasteiger partial charge in [0.15, 0.2) is 5.82 Å². The molecule has 2 rings (SSSR count). The first kappa shape index (κ1) is 11.9. The molecule has 1 N–H and O–H groups in total. The van der Waals surface area contributed by atoms with E-state index in [-0.39, 0.29) is 0 Å². The lowest BCUT2D eigenvalue weighted by atomic mass is 10.2. The quantitative estimate of drug-likeness (QED) is 0.884. The fraction of sp³-hybridized carbons (Fsp3) is 0.333. The normalized spacial score (nSPS) is 10.2. The summed E-state index contributed by atoms with van der Waals surface area (Å²) in [7, 11) is 1.66. The zero-order valence-corrected chi connectivity index (χ0v) is 10.8. The van der Waals surface area contributed by atoms with E-state index in [1.54, 1.807) is 7.11 Å². The standard InChI is InChI=1S/C12H15N3OS/c1-3-8-13-12-14-11(15-17-12)9-4-6-10(16-2)7-5-9/h4-7H,3,8H2,1-2H3,(H,13,14,15). The van der Waals surface area contributed by atoms with Crippen molar-refractivity contribution in [2.24, 2.45) is 0 Å². The van der Waals surface area contributed by atoms with Gasteiger partial charge in [-0.1, -0.05) is 6.92 Å². The van der Waals surface area contributed by atoms with Crippen LogP contribution in [-0.4, -0.2) is 23.0 Å². The van der Waals surface area contributed by atoms with Crippen LogP contribution in [0.2, 0.25) is 0 Å². The summed E-state index contributed by atoms with van der Waals surface area (Å²) in [5.74, 6) is 1.60. The summed E-state index contributed by atoms with van der Waals surface area (Å²) in [4.78, 5) is 4.43. The number of ether oxygens (including phenoxy) is 1. The summed E-state index contributed by atoms with van der Waals surface area (Å²) in [5.41, 5.74) is 1.01. The van der Waals surface area contributed by atoms with Crippen LogP contribution in [0.25, 0.3) is 11.4 Å². The molecule has 1 aromatic heterocycles. The maximum absolute atomic E-state index is 5.11. The van der Waals surface area contributed by atoms with Crippen LogP contribution in [0.3, 0.4) is 0 Å². The Labute approximate surface area is 105 Å². The molecule has 0 aliphatic heterocycles. The number of nitrogens with one attached hydrogen (secondary N) is 1. The topological polar surface area (TPSA) is 47.0 Å². The molecule has 4 nitrogen and oxygen atoms in total. The fourth-order valence-corrected chi connectivity index (χ4v) is 2.00. The summed E-state index contributed by atoms with van der Waals surface area (Å²) >= 11 is 1.39. The molecule has 0 aliphatic carbocycles. The van der Waals surface area contributed by atoms with Crippen LogP contribution in [0.5, 0.6) is 5.75 Å². The molecule has 0 bridgehead atoms. The third-order valence-corrected chi connectivity index (χ3v) is 2.97. The van der Waals surface area contributed by atoms with Crippen molar-refractivity contribution in [1.29, 1.82) is 0 Å². The van der Waals surface area contributed by atoms with E-state index in [0.29, 0.717) is 0 Å². The Morgan fingerprint density at radius 3 is 2.71 bits per heavy atom. The summed E-state index contributed by atoms with van der Waals surface area (Å²) in [6.45, 7) is 3.05. The van der Waals surface area contributed by atoms with E-state index < -0.39 is 0 Å². The molecule has 1 aromatic carbocycles. The highest BCUT2D eigenvalue weighted by Crippen LogP contribution is 2.23. The second kappa shape index (κ2) is 5.63. The molecule has 0 fully saturated rings. The lowest BCUT2D eigenvalue weighted by Crippen LogP contribution is -1.98. The molecule has 0 saturated heterocycles. The molecular formula is C12H15N3OS. The Morgan fingerprint density at radius 1 is 1.29 bits per heavy atom. The molecule has 1 heterocycles. The van der Waals surface area contributed by atoms with Crippen LogP contribution in [0, 0.1) is 0 Å². The van der Waals surface area contributed by atoms with Gasteiger partial charge in [-0.05, 0) is 30.7 Å². The number of hydrogen-bond donors (Lipinski definition) is 1. The molecule has 0 atom stereocenters. The molecule has 5 heteroatoms. The second-order valence-electron chi connectivity index (χ2n) is 3.58. The van der Waals surface area contributed by atoms with E-state index in [4.69, 9.17) is 4.74 Å². The maximum atomic E-state index is 5.11. The summed E-state index contributed by atoms with van der Waals surface area (Å²) in [6, 6.07) is 7.75. The number of benzene rings is 1. The van der Waals surface area contributed by atoms with Crippen LogP contribution in [0.15, 0.2) is 24.3 Å². The van der Waals surface area contributed by atoms with Gasteiger partial charge in [0, 0.05) is 23.6 Å². The first-order valence-electron chi connectivity index (χ1n) is 5.55. The van der Waals surface area contributed by atoms with Crippen LogP contribution in [0.1, 0.15) is 13.3 Å². The summed E-state index contributed by atoms with van der Waals surface area (Å²) in [6.07, 6.45) is 1.08. The van der Waals surface area contributed by atoms with Crippen LogP contribution >= 0.6 is 11.5 Å². The van der Waals surface area contributed by atoms with Crippen molar-refractivity contribution in [2.45, 2.75) is 13.3 Å². The maximum Gasteiger partial charge on any atom is 0.202 e. The Morgan fingerprint density at radius 2 is 2.06 bits per heavy atom.